The van der Waals surface area contributed by atoms with Gasteiger partial charge in [-0.05, 0) is 47.9 Å². The van der Waals surface area contributed by atoms with E-state index in [0.717, 1.165) is 33.4 Å². The van der Waals surface area contributed by atoms with Gasteiger partial charge in [-0.2, -0.15) is 0 Å². The summed E-state index contributed by atoms with van der Waals surface area (Å²) in [4.78, 5) is 15.0. The van der Waals surface area contributed by atoms with Crippen molar-refractivity contribution in [1.82, 2.24) is 23.9 Å². The van der Waals surface area contributed by atoms with Gasteiger partial charge in [0, 0.05) is 49.3 Å². The van der Waals surface area contributed by atoms with Gasteiger partial charge in [-0.1, -0.05) is 133 Å². The number of benzene rings is 7. The smallest absolute Gasteiger partial charge is 0.164 e. The molecule has 242 valence electrons. The molecule has 0 fully saturated rings. The van der Waals surface area contributed by atoms with E-state index in [1.807, 2.05) is 60.7 Å². The van der Waals surface area contributed by atoms with Gasteiger partial charge < -0.3 is 8.97 Å². The molecule has 0 amide bonds. The fourth-order valence-corrected chi connectivity index (χ4v) is 7.97. The molecule has 4 aromatic heterocycles. The first-order valence-electron chi connectivity index (χ1n) is 17.5. The molecule has 0 atom stereocenters. The third-order valence-corrected chi connectivity index (χ3v) is 10.3. The van der Waals surface area contributed by atoms with Gasteiger partial charge in [-0.3, -0.25) is 0 Å². The Hall–Kier alpha value is -7.11. The molecular weight excluding hydrogens is 635 g/mol. The van der Waals surface area contributed by atoms with Crippen LogP contribution in [0.2, 0.25) is 0 Å². The largest absolute Gasteiger partial charge is 0.309 e. The molecule has 11 aromatic rings. The Morgan fingerprint density at radius 1 is 0.308 bits per heavy atom. The molecule has 0 unspecified atom stereocenters. The maximum absolute atomic E-state index is 5.03. The van der Waals surface area contributed by atoms with E-state index in [0.29, 0.717) is 17.5 Å². The average Bonchev–Trinajstić information content (AvgIpc) is 3.76. The summed E-state index contributed by atoms with van der Waals surface area (Å²) in [6, 6.07) is 62.1. The lowest BCUT2D eigenvalue weighted by atomic mass is 10.1. The second-order valence-electron chi connectivity index (χ2n) is 13.3. The highest BCUT2D eigenvalue weighted by Crippen LogP contribution is 2.39. The van der Waals surface area contributed by atoms with E-state index in [4.69, 9.17) is 15.0 Å². The predicted molar refractivity (Wildman–Crippen MR) is 214 cm³/mol. The molecule has 0 aliphatic carbocycles. The van der Waals surface area contributed by atoms with Crippen molar-refractivity contribution in [2.24, 2.45) is 0 Å². The van der Waals surface area contributed by atoms with Gasteiger partial charge in [-0.25, -0.2) is 15.0 Å². The van der Waals surface area contributed by atoms with Crippen LogP contribution in [-0.4, -0.2) is 23.9 Å². The maximum Gasteiger partial charge on any atom is 0.164 e. The molecule has 0 radical (unpaired) electrons. The van der Waals surface area contributed by atoms with Crippen molar-refractivity contribution in [3.8, 4) is 39.9 Å². The van der Waals surface area contributed by atoms with Crippen molar-refractivity contribution in [3.63, 3.8) is 0 Å². The van der Waals surface area contributed by atoms with Crippen LogP contribution in [0.25, 0.3) is 99.8 Å². The summed E-state index contributed by atoms with van der Waals surface area (Å²) in [6.45, 7) is 0. The first-order valence-corrected chi connectivity index (χ1v) is 17.5. The second kappa shape index (κ2) is 11.2. The lowest BCUT2D eigenvalue weighted by Crippen LogP contribution is -2.01. The second-order valence-corrected chi connectivity index (χ2v) is 13.3. The number of rotatable bonds is 4. The van der Waals surface area contributed by atoms with Crippen LogP contribution in [0.15, 0.2) is 176 Å². The first kappa shape index (κ1) is 28.7. The molecule has 11 rings (SSSR count). The van der Waals surface area contributed by atoms with Crippen LogP contribution in [0.4, 0.5) is 0 Å². The van der Waals surface area contributed by atoms with Crippen molar-refractivity contribution >= 4 is 59.9 Å². The number of nitrogens with zero attached hydrogens (tertiary/aromatic N) is 5. The van der Waals surface area contributed by atoms with Crippen molar-refractivity contribution in [3.05, 3.63) is 176 Å². The fourth-order valence-electron chi connectivity index (χ4n) is 7.97. The Balaban J connectivity index is 1.16. The number of hydrogen-bond acceptors (Lipinski definition) is 3. The number of para-hydroxylation sites is 2. The minimum Gasteiger partial charge on any atom is -0.309 e. The minimum absolute atomic E-state index is 0.634. The van der Waals surface area contributed by atoms with E-state index in [1.165, 1.54) is 48.9 Å². The normalized spacial score (nSPS) is 11.8. The zero-order chi connectivity index (χ0) is 34.2. The van der Waals surface area contributed by atoms with E-state index in [9.17, 15) is 0 Å². The topological polar surface area (TPSA) is 48.0 Å². The van der Waals surface area contributed by atoms with Gasteiger partial charge in [0.15, 0.2) is 17.5 Å². The molecule has 5 heteroatoms. The zero-order valence-electron chi connectivity index (χ0n) is 28.0. The third-order valence-electron chi connectivity index (χ3n) is 10.3. The first-order chi connectivity index (χ1) is 25.8. The van der Waals surface area contributed by atoms with Gasteiger partial charge >= 0.3 is 0 Å². The van der Waals surface area contributed by atoms with E-state index < -0.39 is 0 Å². The maximum atomic E-state index is 5.03. The summed E-state index contributed by atoms with van der Waals surface area (Å²) in [7, 11) is 0. The van der Waals surface area contributed by atoms with Crippen LogP contribution in [0, 0.1) is 0 Å². The van der Waals surface area contributed by atoms with Crippen molar-refractivity contribution in [1.29, 1.82) is 0 Å². The molecule has 0 spiro atoms. The van der Waals surface area contributed by atoms with E-state index >= 15 is 0 Å². The van der Waals surface area contributed by atoms with Crippen LogP contribution >= 0.6 is 0 Å². The predicted octanol–water partition coefficient (Wildman–Crippen LogP) is 11.7. The Kier molecular flexibility index (Phi) is 6.18. The molecule has 0 N–H and O–H groups in total. The lowest BCUT2D eigenvalue weighted by molar-refractivity contribution is 1.07. The zero-order valence-corrected chi connectivity index (χ0v) is 28.0. The SMILES string of the molecule is c1ccc(-c2nc(-c3ccccc3)nc(-c3cccc(-n4c5ccccc5c5cc6c(cc54)cc4c5ccccc5c5ccccc5n64)c3)n2)cc1. The Morgan fingerprint density at radius 2 is 0.808 bits per heavy atom. The van der Waals surface area contributed by atoms with Crippen LogP contribution < -0.4 is 0 Å². The van der Waals surface area contributed by atoms with E-state index in [2.05, 4.69) is 124 Å². The van der Waals surface area contributed by atoms with Gasteiger partial charge in [-0.15, -0.1) is 0 Å². The molecule has 5 nitrogen and oxygen atoms in total. The summed E-state index contributed by atoms with van der Waals surface area (Å²) >= 11 is 0. The van der Waals surface area contributed by atoms with Crippen molar-refractivity contribution < 1.29 is 0 Å². The van der Waals surface area contributed by atoms with E-state index in [1.54, 1.807) is 0 Å². The van der Waals surface area contributed by atoms with Crippen molar-refractivity contribution in [2.75, 3.05) is 0 Å². The molecule has 0 bridgehead atoms. The number of fused-ring (bicyclic) bond motifs is 11. The van der Waals surface area contributed by atoms with Crippen LogP contribution in [0.3, 0.4) is 0 Å². The summed E-state index contributed by atoms with van der Waals surface area (Å²) in [5.74, 6) is 1.93. The molecule has 52 heavy (non-hydrogen) atoms. The van der Waals surface area contributed by atoms with E-state index in [-0.39, 0.29) is 0 Å². The lowest BCUT2D eigenvalue weighted by Gasteiger charge is -2.12. The molecule has 0 aliphatic rings. The fraction of sp³-hybridized carbons (Fsp3) is 0. The molecule has 4 heterocycles. The van der Waals surface area contributed by atoms with Crippen molar-refractivity contribution in [2.45, 2.75) is 0 Å². The third kappa shape index (κ3) is 4.33. The Morgan fingerprint density at radius 3 is 1.48 bits per heavy atom. The Bertz CT molecular complexity index is 3120. The molecule has 0 saturated carbocycles. The van der Waals surface area contributed by atoms with Gasteiger partial charge in [0.2, 0.25) is 0 Å². The van der Waals surface area contributed by atoms with Gasteiger partial charge in [0.05, 0.1) is 27.6 Å². The van der Waals surface area contributed by atoms with Crippen LogP contribution in [0.1, 0.15) is 0 Å². The average molecular weight is 664 g/mol. The molecule has 7 aromatic carbocycles. The highest BCUT2D eigenvalue weighted by atomic mass is 15.0. The summed E-state index contributed by atoms with van der Waals surface area (Å²) in [5.41, 5.74) is 9.81. The highest BCUT2D eigenvalue weighted by Gasteiger charge is 2.19. The summed E-state index contributed by atoms with van der Waals surface area (Å²) in [6.07, 6.45) is 0. The highest BCUT2D eigenvalue weighted by molar-refractivity contribution is 6.19. The minimum atomic E-state index is 0.634. The summed E-state index contributed by atoms with van der Waals surface area (Å²) in [5, 5.41) is 7.41. The monoisotopic (exact) mass is 663 g/mol. The summed E-state index contributed by atoms with van der Waals surface area (Å²) < 4.78 is 4.82. The van der Waals surface area contributed by atoms with Crippen LogP contribution in [0.5, 0.6) is 0 Å². The quantitative estimate of drug-likeness (QED) is 0.176. The van der Waals surface area contributed by atoms with Gasteiger partial charge in [0.1, 0.15) is 0 Å². The Labute approximate surface area is 298 Å². The molecule has 0 aliphatic heterocycles. The standard InChI is InChI=1S/C47H29N5/c1-3-14-30(15-4-1)45-48-46(31-16-5-2-6-17-31)50-47(49-45)32-18-13-19-34(26-32)51-40-24-11-10-23-38(40)39-29-42-33(28-44(39)51)27-43-37-22-8-7-20-35(37)36-21-9-12-25-41(36)52(42)43/h1-29H. The number of pyridine rings is 1. The number of aromatic nitrogens is 5. The number of hydrogen-bond donors (Lipinski definition) is 0. The molecular formula is C47H29N5. The molecule has 0 saturated heterocycles. The van der Waals surface area contributed by atoms with Crippen LogP contribution in [-0.2, 0) is 0 Å². The van der Waals surface area contributed by atoms with Gasteiger partial charge in [0.25, 0.3) is 0 Å².